The summed E-state index contributed by atoms with van der Waals surface area (Å²) in [5.74, 6) is 0.0837. The molecule has 2 aliphatic heterocycles. The second-order valence-electron chi connectivity index (χ2n) is 6.34. The van der Waals surface area contributed by atoms with Gasteiger partial charge in [0.2, 0.25) is 0 Å². The van der Waals surface area contributed by atoms with Crippen molar-refractivity contribution >= 4 is 43.2 Å². The summed E-state index contributed by atoms with van der Waals surface area (Å²) in [6, 6.07) is 2.01. The van der Waals surface area contributed by atoms with Crippen LogP contribution >= 0.6 is 22.7 Å². The second kappa shape index (κ2) is 6.59. The lowest BCUT2D eigenvalue weighted by Crippen LogP contribution is -2.50. The van der Waals surface area contributed by atoms with Crippen molar-refractivity contribution in [3.05, 3.63) is 10.9 Å². The fourth-order valence-electron chi connectivity index (χ4n) is 3.25. The van der Waals surface area contributed by atoms with Crippen molar-refractivity contribution in [1.29, 1.82) is 0 Å². The van der Waals surface area contributed by atoms with Gasteiger partial charge in [-0.05, 0) is 25.3 Å². The number of thiophene rings is 1. The van der Waals surface area contributed by atoms with Gasteiger partial charge < -0.3 is 19.3 Å². The first kappa shape index (κ1) is 16.3. The molecule has 8 heteroatoms. The van der Waals surface area contributed by atoms with Crippen molar-refractivity contribution in [3.63, 3.8) is 0 Å². The minimum absolute atomic E-state index is 0.0270. The Morgan fingerprint density at radius 2 is 2.08 bits per heavy atom. The predicted octanol–water partition coefficient (Wildman–Crippen LogP) is 2.79. The molecule has 6 nitrogen and oxygen atoms in total. The van der Waals surface area contributed by atoms with E-state index in [1.807, 2.05) is 30.0 Å². The molecule has 2 aromatic heterocycles. The quantitative estimate of drug-likeness (QED) is 0.835. The van der Waals surface area contributed by atoms with Gasteiger partial charge in [-0.3, -0.25) is 4.79 Å². The molecule has 0 saturated carbocycles. The molecule has 2 saturated heterocycles. The topological polar surface area (TPSA) is 54.9 Å². The van der Waals surface area contributed by atoms with E-state index < -0.39 is 0 Å². The Morgan fingerprint density at radius 1 is 1.29 bits per heavy atom. The summed E-state index contributed by atoms with van der Waals surface area (Å²) in [4.78, 5) is 23.3. The molecule has 4 rings (SSSR count). The van der Waals surface area contributed by atoms with Crippen LogP contribution in [0.25, 0.3) is 9.53 Å². The van der Waals surface area contributed by atoms with E-state index in [-0.39, 0.29) is 18.2 Å². The van der Waals surface area contributed by atoms with Gasteiger partial charge in [-0.15, -0.1) is 11.3 Å². The molecular weight excluding hydrogens is 346 g/mol. The van der Waals surface area contributed by atoms with Gasteiger partial charge in [0.05, 0.1) is 28.8 Å². The molecule has 4 heterocycles. The minimum Gasteiger partial charge on any atom is -0.354 e. The highest BCUT2D eigenvalue weighted by molar-refractivity contribution is 7.29. The van der Waals surface area contributed by atoms with E-state index in [1.165, 1.54) is 11.3 Å². The van der Waals surface area contributed by atoms with E-state index in [0.717, 1.165) is 45.3 Å². The fourth-order valence-corrected chi connectivity index (χ4v) is 5.34. The molecule has 0 aromatic carbocycles. The maximum absolute atomic E-state index is 13.0. The van der Waals surface area contributed by atoms with Crippen LogP contribution in [0.4, 0.5) is 5.13 Å². The monoisotopic (exact) mass is 367 g/mol. The maximum atomic E-state index is 13.0. The number of hydrogen-bond acceptors (Lipinski definition) is 7. The number of piperidine rings is 1. The van der Waals surface area contributed by atoms with Gasteiger partial charge in [-0.2, -0.15) is 0 Å². The highest BCUT2D eigenvalue weighted by atomic mass is 32.1. The molecule has 24 heavy (non-hydrogen) atoms. The Bertz CT molecular complexity index is 705. The van der Waals surface area contributed by atoms with E-state index in [2.05, 4.69) is 4.98 Å². The fraction of sp³-hybridized carbons (Fsp3) is 0.625. The number of ether oxygens (including phenoxy) is 2. The zero-order valence-corrected chi connectivity index (χ0v) is 15.5. The van der Waals surface area contributed by atoms with Gasteiger partial charge in [0.15, 0.2) is 11.4 Å². The number of likely N-dealkylation sites (tertiary alicyclic amines) is 1. The van der Waals surface area contributed by atoms with Gasteiger partial charge >= 0.3 is 0 Å². The summed E-state index contributed by atoms with van der Waals surface area (Å²) in [7, 11) is 3.96. The SMILES string of the molecule is CN(C)c1nc2sc(C(=O)N3CCCCC3C3OCCO3)cc2s1. The molecule has 0 N–H and O–H groups in total. The van der Waals surface area contributed by atoms with Crippen molar-refractivity contribution in [2.45, 2.75) is 31.6 Å². The van der Waals surface area contributed by atoms with Crippen molar-refractivity contribution in [2.75, 3.05) is 38.8 Å². The minimum atomic E-state index is -0.270. The number of thiazole rings is 1. The molecule has 2 aliphatic rings. The number of carbonyl (C=O) groups is 1. The first-order valence-corrected chi connectivity index (χ1v) is 9.88. The Morgan fingerprint density at radius 3 is 2.79 bits per heavy atom. The number of anilines is 1. The van der Waals surface area contributed by atoms with Crippen LogP contribution in [0, 0.1) is 0 Å². The summed E-state index contributed by atoms with van der Waals surface area (Å²) >= 11 is 3.10. The zero-order chi connectivity index (χ0) is 16.7. The second-order valence-corrected chi connectivity index (χ2v) is 8.38. The average molecular weight is 367 g/mol. The largest absolute Gasteiger partial charge is 0.354 e. The third-order valence-corrected chi connectivity index (χ3v) is 6.76. The molecule has 0 bridgehead atoms. The summed E-state index contributed by atoms with van der Waals surface area (Å²) in [6.07, 6.45) is 2.83. The number of carbonyl (C=O) groups excluding carboxylic acids is 1. The van der Waals surface area contributed by atoms with Gasteiger partial charge in [-0.25, -0.2) is 4.98 Å². The summed E-state index contributed by atoms with van der Waals surface area (Å²) in [6.45, 7) is 2.01. The van der Waals surface area contributed by atoms with E-state index in [9.17, 15) is 4.79 Å². The lowest BCUT2D eigenvalue weighted by molar-refractivity contribution is -0.100. The van der Waals surface area contributed by atoms with Crippen LogP contribution in [0.1, 0.15) is 28.9 Å². The molecule has 2 aromatic rings. The van der Waals surface area contributed by atoms with Gasteiger partial charge in [0.25, 0.3) is 5.91 Å². The third-order valence-electron chi connectivity index (χ3n) is 4.44. The van der Waals surface area contributed by atoms with E-state index in [0.29, 0.717) is 13.2 Å². The highest BCUT2D eigenvalue weighted by Gasteiger charge is 2.37. The first-order chi connectivity index (χ1) is 11.6. The van der Waals surface area contributed by atoms with E-state index in [4.69, 9.17) is 9.47 Å². The number of rotatable bonds is 3. The molecule has 2 fully saturated rings. The molecule has 1 amide bonds. The van der Waals surface area contributed by atoms with E-state index in [1.54, 1.807) is 11.3 Å². The maximum Gasteiger partial charge on any atom is 0.264 e. The van der Waals surface area contributed by atoms with Gasteiger partial charge in [-0.1, -0.05) is 11.3 Å². The lowest BCUT2D eigenvalue weighted by Gasteiger charge is -2.37. The Kier molecular flexibility index (Phi) is 4.46. The smallest absolute Gasteiger partial charge is 0.264 e. The predicted molar refractivity (Wildman–Crippen MR) is 96.2 cm³/mol. The normalized spacial score (nSPS) is 22.4. The molecule has 1 atom stereocenters. The Balaban J connectivity index is 1.57. The Hall–Kier alpha value is -1.22. The number of amides is 1. The van der Waals surface area contributed by atoms with Crippen LogP contribution < -0.4 is 4.90 Å². The van der Waals surface area contributed by atoms with E-state index >= 15 is 0 Å². The number of fused-ring (bicyclic) bond motifs is 1. The first-order valence-electron chi connectivity index (χ1n) is 8.25. The van der Waals surface area contributed by atoms with Crippen LogP contribution in [0.15, 0.2) is 6.07 Å². The average Bonchev–Trinajstić information content (AvgIpc) is 3.29. The molecule has 1 unspecified atom stereocenters. The summed E-state index contributed by atoms with van der Waals surface area (Å²) in [5.41, 5.74) is 0. The number of aromatic nitrogens is 1. The molecule has 0 aliphatic carbocycles. The summed E-state index contributed by atoms with van der Waals surface area (Å²) < 4.78 is 12.4. The molecule has 0 radical (unpaired) electrons. The van der Waals surface area contributed by atoms with Gasteiger partial charge in [0.1, 0.15) is 4.83 Å². The van der Waals surface area contributed by atoms with Crippen LogP contribution in [-0.4, -0.2) is 62.0 Å². The summed E-state index contributed by atoms with van der Waals surface area (Å²) in [5, 5.41) is 0.971. The standard InChI is InChI=1S/C16H21N3O3S2/c1-18(2)16-17-13-11(24-16)9-12(23-13)14(20)19-6-4-3-5-10(19)15-21-7-8-22-15/h9-10,15H,3-8H2,1-2H3. The molecule has 130 valence electrons. The van der Waals surface area contributed by atoms with Gasteiger partial charge in [0, 0.05) is 20.6 Å². The van der Waals surface area contributed by atoms with Crippen molar-refractivity contribution in [2.24, 2.45) is 0 Å². The van der Waals surface area contributed by atoms with Crippen molar-refractivity contribution in [3.8, 4) is 0 Å². The molecular formula is C16H21N3O3S2. The van der Waals surface area contributed by atoms with Crippen LogP contribution in [-0.2, 0) is 9.47 Å². The molecule has 0 spiro atoms. The van der Waals surface area contributed by atoms with Crippen LogP contribution in [0.2, 0.25) is 0 Å². The lowest BCUT2D eigenvalue weighted by atomic mass is 10.0. The van der Waals surface area contributed by atoms with Crippen molar-refractivity contribution < 1.29 is 14.3 Å². The van der Waals surface area contributed by atoms with Crippen molar-refractivity contribution in [1.82, 2.24) is 9.88 Å². The van der Waals surface area contributed by atoms with Crippen LogP contribution in [0.5, 0.6) is 0 Å². The number of hydrogen-bond donors (Lipinski definition) is 0. The zero-order valence-electron chi connectivity index (χ0n) is 13.9. The number of nitrogens with zero attached hydrogens (tertiary/aromatic N) is 3. The highest BCUT2D eigenvalue weighted by Crippen LogP contribution is 2.35. The third kappa shape index (κ3) is 2.92. The van der Waals surface area contributed by atoms with Crippen LogP contribution in [0.3, 0.4) is 0 Å². The Labute approximate surface area is 149 Å².